The number of carbonyl (C=O) groups is 5. The van der Waals surface area contributed by atoms with Gasteiger partial charge in [0, 0.05) is 37.8 Å². The number of primary amides is 1. The van der Waals surface area contributed by atoms with Gasteiger partial charge in [0.15, 0.2) is 5.78 Å². The molecule has 58 heavy (non-hydrogen) atoms. The van der Waals surface area contributed by atoms with Crippen molar-refractivity contribution < 1.29 is 33.4 Å². The molecule has 0 aliphatic rings. The number of imidazole rings is 1. The van der Waals surface area contributed by atoms with Gasteiger partial charge in [-0.25, -0.2) is 4.98 Å². The maximum atomic E-state index is 11.9. The van der Waals surface area contributed by atoms with Crippen molar-refractivity contribution in [2.24, 2.45) is 11.5 Å². The molecule has 0 saturated heterocycles. The van der Waals surface area contributed by atoms with Gasteiger partial charge in [0.05, 0.1) is 43.8 Å². The van der Waals surface area contributed by atoms with Crippen molar-refractivity contribution in [2.75, 3.05) is 46.1 Å². The fourth-order valence-electron chi connectivity index (χ4n) is 5.95. The van der Waals surface area contributed by atoms with Gasteiger partial charge in [0.25, 0.3) is 0 Å². The molecule has 0 aromatic carbocycles. The number of hydrogen-bond donors (Lipinski definition) is 7. The topological polar surface area (TPSA) is 233 Å². The fourth-order valence-corrected chi connectivity index (χ4v) is 5.95. The summed E-state index contributed by atoms with van der Waals surface area (Å²) in [5, 5.41) is 11.4. The molecule has 0 fully saturated rings. The van der Waals surface area contributed by atoms with Crippen molar-refractivity contribution in [2.45, 2.75) is 181 Å². The number of nitrogens with zero attached hydrogens (tertiary/aromatic N) is 1. The zero-order valence-corrected chi connectivity index (χ0v) is 36.9. The molecular formula is C43H82N8O7. The number of ether oxygens (including phenoxy) is 2. The van der Waals surface area contributed by atoms with Crippen molar-refractivity contribution in [1.29, 1.82) is 0 Å². The summed E-state index contributed by atoms with van der Waals surface area (Å²) in [6.45, 7) is 11.8. The fraction of sp³-hybridized carbons (Fsp3) is 0.814. The van der Waals surface area contributed by atoms with Crippen molar-refractivity contribution in [1.82, 2.24) is 31.2 Å². The predicted octanol–water partition coefficient (Wildman–Crippen LogP) is 4.91. The van der Waals surface area contributed by atoms with Crippen molar-refractivity contribution >= 4 is 29.4 Å². The lowest BCUT2D eigenvalue weighted by Crippen LogP contribution is -2.54. The summed E-state index contributed by atoms with van der Waals surface area (Å²) in [7, 11) is 0. The second-order valence-corrected chi connectivity index (χ2v) is 15.6. The monoisotopic (exact) mass is 823 g/mol. The van der Waals surface area contributed by atoms with E-state index in [-0.39, 0.29) is 42.1 Å². The van der Waals surface area contributed by atoms with Crippen LogP contribution in [-0.4, -0.2) is 103 Å². The summed E-state index contributed by atoms with van der Waals surface area (Å²) in [6.07, 6.45) is 26.1. The summed E-state index contributed by atoms with van der Waals surface area (Å²) in [5.74, 6) is -0.888. The Hall–Kier alpha value is -3.40. The van der Waals surface area contributed by atoms with Crippen LogP contribution in [0, 0.1) is 0 Å². The highest BCUT2D eigenvalue weighted by Crippen LogP contribution is 2.14. The van der Waals surface area contributed by atoms with E-state index in [9.17, 15) is 24.0 Å². The molecule has 4 amide bonds. The first-order valence-corrected chi connectivity index (χ1v) is 22.1. The Balaban J connectivity index is 0.00000158. The molecular weight excluding hydrogens is 741 g/mol. The molecule has 0 radical (unpaired) electrons. The lowest BCUT2D eigenvalue weighted by Gasteiger charge is -2.24. The van der Waals surface area contributed by atoms with Crippen molar-refractivity contribution in [3.63, 3.8) is 0 Å². The highest BCUT2D eigenvalue weighted by molar-refractivity contribution is 5.92. The third-order valence-corrected chi connectivity index (χ3v) is 9.86. The molecule has 0 spiro atoms. The van der Waals surface area contributed by atoms with Gasteiger partial charge in [-0.2, -0.15) is 0 Å². The van der Waals surface area contributed by atoms with Crippen LogP contribution in [0.3, 0.4) is 0 Å². The minimum Gasteiger partial charge on any atom is -0.377 e. The molecule has 336 valence electrons. The van der Waals surface area contributed by atoms with Gasteiger partial charge in [-0.05, 0) is 53.0 Å². The number of carbonyl (C=O) groups excluding carboxylic acids is 5. The molecule has 1 rings (SSSR count). The van der Waals surface area contributed by atoms with E-state index in [4.69, 9.17) is 20.9 Å². The Morgan fingerprint density at radius 1 is 0.759 bits per heavy atom. The molecule has 1 heterocycles. The van der Waals surface area contributed by atoms with Crippen LogP contribution in [-0.2, 0) is 39.9 Å². The summed E-state index contributed by atoms with van der Waals surface area (Å²) in [5.41, 5.74) is 11.0. The number of aromatic amines is 1. The van der Waals surface area contributed by atoms with Crippen LogP contribution in [0.15, 0.2) is 12.5 Å². The van der Waals surface area contributed by atoms with E-state index in [2.05, 4.69) is 38.2 Å². The number of ketones is 1. The Morgan fingerprint density at radius 2 is 1.33 bits per heavy atom. The number of unbranched alkanes of at least 4 members (excludes halogenated alkanes) is 15. The molecule has 0 unspecified atom stereocenters. The number of amides is 4. The number of H-pyrrole nitrogens is 1. The summed E-state index contributed by atoms with van der Waals surface area (Å²) < 4.78 is 10.8. The quantitative estimate of drug-likeness (QED) is 0.0448. The number of likely N-dealkylation sites (N-methyl/N-ethyl adjacent to an activating group) is 1. The van der Waals surface area contributed by atoms with Crippen LogP contribution in [0.25, 0.3) is 0 Å². The van der Waals surface area contributed by atoms with Crippen molar-refractivity contribution in [3.05, 3.63) is 18.2 Å². The predicted molar refractivity (Wildman–Crippen MR) is 231 cm³/mol. The molecule has 0 aliphatic carbocycles. The van der Waals surface area contributed by atoms with E-state index in [1.165, 1.54) is 96.7 Å². The molecule has 15 heteroatoms. The smallest absolute Gasteiger partial charge is 0.245 e. The molecule has 9 N–H and O–H groups in total. The van der Waals surface area contributed by atoms with Crippen molar-refractivity contribution in [3.8, 4) is 0 Å². The van der Waals surface area contributed by atoms with Crippen LogP contribution in [0.5, 0.6) is 0 Å². The van der Waals surface area contributed by atoms with E-state index in [1.54, 1.807) is 20.0 Å². The Kier molecular flexibility index (Phi) is 34.5. The number of rotatable bonds is 37. The largest absolute Gasteiger partial charge is 0.377 e. The number of aromatic nitrogens is 2. The maximum Gasteiger partial charge on any atom is 0.245 e. The van der Waals surface area contributed by atoms with Gasteiger partial charge in [0.1, 0.15) is 6.61 Å². The Morgan fingerprint density at radius 3 is 1.86 bits per heavy atom. The molecule has 15 nitrogen and oxygen atoms in total. The maximum absolute atomic E-state index is 11.9. The molecule has 0 bridgehead atoms. The first-order chi connectivity index (χ1) is 27.8. The second-order valence-electron chi connectivity index (χ2n) is 15.6. The highest BCUT2D eigenvalue weighted by Gasteiger charge is 2.28. The van der Waals surface area contributed by atoms with Gasteiger partial charge in [0.2, 0.25) is 23.6 Å². The van der Waals surface area contributed by atoms with Gasteiger partial charge in [-0.3, -0.25) is 24.0 Å². The molecule has 0 saturated carbocycles. The van der Waals surface area contributed by atoms with Gasteiger partial charge >= 0.3 is 0 Å². The average Bonchev–Trinajstić information content (AvgIpc) is 3.69. The van der Waals surface area contributed by atoms with E-state index in [0.29, 0.717) is 58.7 Å². The van der Waals surface area contributed by atoms with E-state index < -0.39 is 11.6 Å². The highest BCUT2D eigenvalue weighted by atomic mass is 16.5. The molecule has 1 aromatic rings. The van der Waals surface area contributed by atoms with E-state index in [1.807, 2.05) is 6.92 Å². The molecule has 1 aromatic heterocycles. The Bertz CT molecular complexity index is 1200. The Labute approximate surface area is 349 Å². The number of hydrogen-bond acceptors (Lipinski definition) is 10. The van der Waals surface area contributed by atoms with E-state index >= 15 is 0 Å². The van der Waals surface area contributed by atoms with Gasteiger partial charge in [-0.1, -0.05) is 104 Å². The summed E-state index contributed by atoms with van der Waals surface area (Å²) >= 11 is 0. The third-order valence-electron chi connectivity index (χ3n) is 9.86. The minimum absolute atomic E-state index is 0.0132. The summed E-state index contributed by atoms with van der Waals surface area (Å²) in [4.78, 5) is 64.8. The third kappa shape index (κ3) is 32.5. The first-order valence-electron chi connectivity index (χ1n) is 22.1. The standard InChI is InChI=1S/C32H64N4O5.C11H18N4O2/c1-3-5-6-7-8-9-10-11-12-13-14-15-16-17-18-22-30(37)36-24-25-40-26-27-41-28-31(38)35-23-20-19-21-29(32(33)39)34-4-2;1-7(16)11(2,3)15-10(17)9(12)4-8-5-13-6-14-8/h29,34H,3-28H2,1-2H3,(H2,33,39)(H,35,38)(H,36,37);5-6,9H,4,12H2,1-3H3,(H,13,14)(H,15,17)/t29-;9-/m00/s1. The van der Waals surface area contributed by atoms with Gasteiger partial charge in [-0.15, -0.1) is 0 Å². The minimum atomic E-state index is -0.886. The SMILES string of the molecule is CC(=O)C(C)(C)NC(=O)[C@@H](N)Cc1cnc[nH]1.CCCCCCCCCCCCCCCCCC(=O)NCCOCCOCC(=O)NCCCC[C@H](NCC)C(N)=O. The van der Waals surface area contributed by atoms with Crippen LogP contribution in [0.4, 0.5) is 0 Å². The first kappa shape index (κ1) is 54.6. The second kappa shape index (κ2) is 36.7. The van der Waals surface area contributed by atoms with E-state index in [0.717, 1.165) is 31.4 Å². The zero-order chi connectivity index (χ0) is 43.3. The van der Waals surface area contributed by atoms with Crippen LogP contribution < -0.4 is 32.7 Å². The van der Waals surface area contributed by atoms with Crippen LogP contribution >= 0.6 is 0 Å². The normalized spacial score (nSPS) is 12.2. The molecule has 0 aliphatic heterocycles. The number of nitrogens with one attached hydrogen (secondary N) is 5. The van der Waals surface area contributed by atoms with Gasteiger partial charge < -0.3 is 47.2 Å². The number of Topliss-reactive ketones (excluding diaryl/α,β-unsaturated/α-hetero) is 1. The lowest BCUT2D eigenvalue weighted by atomic mass is 9.99. The van der Waals surface area contributed by atoms with Crippen LogP contribution in [0.2, 0.25) is 0 Å². The lowest BCUT2D eigenvalue weighted by molar-refractivity contribution is -0.130. The zero-order valence-electron chi connectivity index (χ0n) is 36.9. The molecule has 2 atom stereocenters. The number of nitrogens with two attached hydrogens (primary N) is 2. The average molecular weight is 823 g/mol. The van der Waals surface area contributed by atoms with Crippen LogP contribution in [0.1, 0.15) is 162 Å². The summed E-state index contributed by atoms with van der Waals surface area (Å²) in [6, 6.07) is -1.01.